The summed E-state index contributed by atoms with van der Waals surface area (Å²) >= 11 is 0. The second kappa shape index (κ2) is 4.66. The number of fused-ring (bicyclic) bond motifs is 1. The summed E-state index contributed by atoms with van der Waals surface area (Å²) in [6, 6.07) is 0.885. The van der Waals surface area contributed by atoms with Gasteiger partial charge in [0.05, 0.1) is 13.2 Å². The van der Waals surface area contributed by atoms with Gasteiger partial charge in [-0.15, -0.1) is 0 Å². The van der Waals surface area contributed by atoms with E-state index < -0.39 is 0 Å². The van der Waals surface area contributed by atoms with Crippen molar-refractivity contribution in [2.24, 2.45) is 17.8 Å². The SMILES string of the molecule is CC1CC2CCC(N3CCOCC3)CC2C1. The molecule has 1 saturated heterocycles. The Kier molecular flexibility index (Phi) is 3.21. The summed E-state index contributed by atoms with van der Waals surface area (Å²) in [5, 5.41) is 0. The first-order chi connectivity index (χ1) is 7.83. The molecular formula is C14H25NO. The number of hydrogen-bond donors (Lipinski definition) is 0. The quantitative estimate of drug-likeness (QED) is 0.677. The number of ether oxygens (including phenoxy) is 1. The van der Waals surface area contributed by atoms with Gasteiger partial charge in [0.15, 0.2) is 0 Å². The van der Waals surface area contributed by atoms with E-state index in [1.165, 1.54) is 45.2 Å². The van der Waals surface area contributed by atoms with Crippen molar-refractivity contribution in [2.45, 2.75) is 45.1 Å². The van der Waals surface area contributed by atoms with Crippen molar-refractivity contribution in [1.29, 1.82) is 0 Å². The van der Waals surface area contributed by atoms with Crippen LogP contribution in [-0.2, 0) is 4.74 Å². The van der Waals surface area contributed by atoms with Crippen molar-refractivity contribution in [3.8, 4) is 0 Å². The molecule has 4 unspecified atom stereocenters. The molecular weight excluding hydrogens is 198 g/mol. The fraction of sp³-hybridized carbons (Fsp3) is 1.00. The lowest BCUT2D eigenvalue weighted by Gasteiger charge is -2.40. The minimum Gasteiger partial charge on any atom is -0.379 e. The summed E-state index contributed by atoms with van der Waals surface area (Å²) in [5.41, 5.74) is 0. The predicted octanol–water partition coefficient (Wildman–Crippen LogP) is 2.53. The second-order valence-electron chi connectivity index (χ2n) is 6.21. The van der Waals surface area contributed by atoms with Crippen LogP contribution >= 0.6 is 0 Å². The maximum atomic E-state index is 5.45. The summed E-state index contributed by atoms with van der Waals surface area (Å²) in [5.74, 6) is 3.13. The molecule has 0 radical (unpaired) electrons. The van der Waals surface area contributed by atoms with E-state index in [1.54, 1.807) is 0 Å². The molecule has 2 heteroatoms. The molecule has 0 amide bonds. The molecule has 2 nitrogen and oxygen atoms in total. The Labute approximate surface area is 99.3 Å². The van der Waals surface area contributed by atoms with Crippen LogP contribution in [0.1, 0.15) is 39.0 Å². The smallest absolute Gasteiger partial charge is 0.0594 e. The molecule has 2 aliphatic carbocycles. The summed E-state index contributed by atoms with van der Waals surface area (Å²) < 4.78 is 5.45. The lowest BCUT2D eigenvalue weighted by molar-refractivity contribution is -0.00132. The molecule has 3 aliphatic rings. The van der Waals surface area contributed by atoms with E-state index in [-0.39, 0.29) is 0 Å². The van der Waals surface area contributed by atoms with E-state index in [9.17, 15) is 0 Å². The molecule has 0 bridgehead atoms. The largest absolute Gasteiger partial charge is 0.379 e. The summed E-state index contributed by atoms with van der Waals surface area (Å²) in [6.45, 7) is 6.72. The van der Waals surface area contributed by atoms with Gasteiger partial charge in [-0.25, -0.2) is 0 Å². The molecule has 0 aromatic rings. The normalized spacial score (nSPS) is 45.6. The molecule has 1 heterocycles. The van der Waals surface area contributed by atoms with Crippen LogP contribution in [0.3, 0.4) is 0 Å². The third kappa shape index (κ3) is 2.14. The van der Waals surface area contributed by atoms with Crippen molar-refractivity contribution < 1.29 is 4.74 Å². The minimum atomic E-state index is 0.885. The van der Waals surface area contributed by atoms with Crippen molar-refractivity contribution in [3.05, 3.63) is 0 Å². The Bertz CT molecular complexity index is 237. The average Bonchev–Trinajstić information content (AvgIpc) is 2.69. The predicted molar refractivity (Wildman–Crippen MR) is 65.4 cm³/mol. The van der Waals surface area contributed by atoms with E-state index in [1.807, 2.05) is 0 Å². The van der Waals surface area contributed by atoms with E-state index in [2.05, 4.69) is 11.8 Å². The monoisotopic (exact) mass is 223 g/mol. The van der Waals surface area contributed by atoms with Crippen LogP contribution in [0.25, 0.3) is 0 Å². The van der Waals surface area contributed by atoms with Crippen molar-refractivity contribution in [1.82, 2.24) is 4.90 Å². The second-order valence-corrected chi connectivity index (χ2v) is 6.21. The molecule has 2 saturated carbocycles. The summed E-state index contributed by atoms with van der Waals surface area (Å²) in [7, 11) is 0. The molecule has 92 valence electrons. The van der Waals surface area contributed by atoms with Gasteiger partial charge in [0.25, 0.3) is 0 Å². The maximum absolute atomic E-state index is 5.45. The van der Waals surface area contributed by atoms with Gasteiger partial charge in [-0.3, -0.25) is 4.90 Å². The highest BCUT2D eigenvalue weighted by atomic mass is 16.5. The van der Waals surface area contributed by atoms with Gasteiger partial charge in [0.1, 0.15) is 0 Å². The fourth-order valence-electron chi connectivity index (χ4n) is 4.31. The average molecular weight is 223 g/mol. The van der Waals surface area contributed by atoms with Gasteiger partial charge in [0.2, 0.25) is 0 Å². The van der Waals surface area contributed by atoms with Crippen LogP contribution in [0.2, 0.25) is 0 Å². The van der Waals surface area contributed by atoms with E-state index >= 15 is 0 Å². The van der Waals surface area contributed by atoms with Crippen LogP contribution in [0.15, 0.2) is 0 Å². The lowest BCUT2D eigenvalue weighted by Crippen LogP contribution is -2.46. The molecule has 0 aromatic heterocycles. The zero-order valence-electron chi connectivity index (χ0n) is 10.5. The number of morpholine rings is 1. The zero-order valence-corrected chi connectivity index (χ0v) is 10.5. The van der Waals surface area contributed by atoms with E-state index in [4.69, 9.17) is 4.74 Å². The standard InChI is InChI=1S/C14H25NO/c1-11-8-12-2-3-14(10-13(12)9-11)15-4-6-16-7-5-15/h11-14H,2-10H2,1H3. The van der Waals surface area contributed by atoms with E-state index in [0.29, 0.717) is 0 Å². The van der Waals surface area contributed by atoms with Gasteiger partial charge < -0.3 is 4.74 Å². The van der Waals surface area contributed by atoms with Crippen LogP contribution < -0.4 is 0 Å². The Morgan fingerprint density at radius 1 is 0.938 bits per heavy atom. The van der Waals surface area contributed by atoms with Crippen LogP contribution in [-0.4, -0.2) is 37.2 Å². The van der Waals surface area contributed by atoms with Crippen LogP contribution in [0, 0.1) is 17.8 Å². The highest BCUT2D eigenvalue weighted by molar-refractivity contribution is 4.91. The molecule has 0 N–H and O–H groups in total. The number of nitrogens with zero attached hydrogens (tertiary/aromatic N) is 1. The number of rotatable bonds is 1. The van der Waals surface area contributed by atoms with Crippen LogP contribution in [0.5, 0.6) is 0 Å². The summed E-state index contributed by atoms with van der Waals surface area (Å²) in [6.07, 6.45) is 7.45. The Morgan fingerprint density at radius 3 is 2.50 bits per heavy atom. The first-order valence-corrected chi connectivity index (χ1v) is 7.14. The molecule has 0 spiro atoms. The van der Waals surface area contributed by atoms with Gasteiger partial charge >= 0.3 is 0 Å². The highest BCUT2D eigenvalue weighted by Crippen LogP contribution is 2.45. The van der Waals surface area contributed by atoms with Gasteiger partial charge in [0, 0.05) is 19.1 Å². The Hall–Kier alpha value is -0.0800. The molecule has 3 fully saturated rings. The van der Waals surface area contributed by atoms with E-state index in [0.717, 1.165) is 37.0 Å². The van der Waals surface area contributed by atoms with Gasteiger partial charge in [-0.05, 0) is 49.9 Å². The third-order valence-electron chi connectivity index (χ3n) is 5.08. The Balaban J connectivity index is 1.58. The lowest BCUT2D eigenvalue weighted by atomic mass is 9.78. The Morgan fingerprint density at radius 2 is 1.69 bits per heavy atom. The minimum absolute atomic E-state index is 0.885. The molecule has 0 aromatic carbocycles. The molecule has 1 aliphatic heterocycles. The van der Waals surface area contributed by atoms with Crippen molar-refractivity contribution in [3.63, 3.8) is 0 Å². The zero-order chi connectivity index (χ0) is 11.0. The third-order valence-corrected chi connectivity index (χ3v) is 5.08. The van der Waals surface area contributed by atoms with Gasteiger partial charge in [-0.1, -0.05) is 6.92 Å². The van der Waals surface area contributed by atoms with Crippen molar-refractivity contribution >= 4 is 0 Å². The highest BCUT2D eigenvalue weighted by Gasteiger charge is 2.38. The molecule has 3 rings (SSSR count). The fourth-order valence-corrected chi connectivity index (χ4v) is 4.31. The van der Waals surface area contributed by atoms with Crippen LogP contribution in [0.4, 0.5) is 0 Å². The maximum Gasteiger partial charge on any atom is 0.0594 e. The molecule has 4 atom stereocenters. The number of hydrogen-bond acceptors (Lipinski definition) is 2. The van der Waals surface area contributed by atoms with Gasteiger partial charge in [-0.2, -0.15) is 0 Å². The first kappa shape index (κ1) is 11.0. The van der Waals surface area contributed by atoms with Crippen molar-refractivity contribution in [2.75, 3.05) is 26.3 Å². The first-order valence-electron chi connectivity index (χ1n) is 7.14. The topological polar surface area (TPSA) is 12.5 Å². The molecule has 16 heavy (non-hydrogen) atoms. The summed E-state index contributed by atoms with van der Waals surface area (Å²) in [4.78, 5) is 2.70.